The first-order chi connectivity index (χ1) is 8.37. The van der Waals surface area contributed by atoms with E-state index in [-0.39, 0.29) is 6.04 Å². The Kier molecular flexibility index (Phi) is 5.25. The maximum Gasteiger partial charge on any atom is 0.405 e. The number of hydrogen-bond acceptors (Lipinski definition) is 2. The van der Waals surface area contributed by atoms with Gasteiger partial charge in [-0.1, -0.05) is 13.8 Å². The molecule has 0 spiro atoms. The number of likely N-dealkylation sites (tertiary alicyclic amines) is 1. The Morgan fingerprint density at radius 3 is 2.50 bits per heavy atom. The van der Waals surface area contributed by atoms with Gasteiger partial charge in [-0.05, 0) is 19.5 Å². The van der Waals surface area contributed by atoms with E-state index in [4.69, 9.17) is 0 Å². The maximum absolute atomic E-state index is 12.0. The Labute approximate surface area is 105 Å². The average molecular weight is 267 g/mol. The van der Waals surface area contributed by atoms with Crippen LogP contribution in [0.25, 0.3) is 0 Å². The average Bonchev–Trinajstić information content (AvgIpc) is 2.76. The van der Waals surface area contributed by atoms with E-state index >= 15 is 0 Å². The number of hydrogen-bond donors (Lipinski definition) is 1. The Bertz CT molecular complexity index is 279. The number of carbonyl (C=O) groups is 1. The molecule has 1 fully saturated rings. The highest BCUT2D eigenvalue weighted by molar-refractivity contribution is 5.74. The van der Waals surface area contributed by atoms with Crippen molar-refractivity contribution in [2.75, 3.05) is 32.7 Å². The quantitative estimate of drug-likeness (QED) is 0.841. The van der Waals surface area contributed by atoms with E-state index in [0.717, 1.165) is 19.5 Å². The van der Waals surface area contributed by atoms with Crippen molar-refractivity contribution in [3.05, 3.63) is 0 Å². The third-order valence-corrected chi connectivity index (χ3v) is 3.22. The van der Waals surface area contributed by atoms with Crippen LogP contribution in [0.5, 0.6) is 0 Å². The zero-order valence-corrected chi connectivity index (χ0v) is 10.8. The van der Waals surface area contributed by atoms with Crippen molar-refractivity contribution >= 4 is 6.03 Å². The second kappa shape index (κ2) is 6.26. The summed E-state index contributed by atoms with van der Waals surface area (Å²) < 4.78 is 35.9. The minimum atomic E-state index is -4.35. The van der Waals surface area contributed by atoms with Gasteiger partial charge in [0.25, 0.3) is 0 Å². The fourth-order valence-corrected chi connectivity index (χ4v) is 2.25. The molecule has 0 aromatic rings. The highest BCUT2D eigenvalue weighted by atomic mass is 19.4. The molecule has 1 unspecified atom stereocenters. The third-order valence-electron chi connectivity index (χ3n) is 3.22. The van der Waals surface area contributed by atoms with Crippen molar-refractivity contribution in [1.29, 1.82) is 0 Å². The van der Waals surface area contributed by atoms with Crippen molar-refractivity contribution in [3.63, 3.8) is 0 Å². The molecule has 1 atom stereocenters. The van der Waals surface area contributed by atoms with Gasteiger partial charge < -0.3 is 10.2 Å². The number of amides is 2. The van der Waals surface area contributed by atoms with Crippen molar-refractivity contribution < 1.29 is 18.0 Å². The van der Waals surface area contributed by atoms with Gasteiger partial charge in [0.1, 0.15) is 6.54 Å². The highest BCUT2D eigenvalue weighted by Crippen LogP contribution is 2.16. The molecular formula is C11H20F3N3O. The molecule has 7 heteroatoms. The van der Waals surface area contributed by atoms with Crippen LogP contribution in [0.1, 0.15) is 20.3 Å². The number of carbonyl (C=O) groups excluding carboxylic acids is 1. The molecule has 1 N–H and O–H groups in total. The Morgan fingerprint density at radius 1 is 1.39 bits per heavy atom. The molecule has 0 radical (unpaired) electrons. The lowest BCUT2D eigenvalue weighted by atomic mass is 10.2. The molecule has 1 heterocycles. The predicted octanol–water partition coefficient (Wildman–Crippen LogP) is 1.67. The summed E-state index contributed by atoms with van der Waals surface area (Å²) in [5, 5.41) is 1.90. The van der Waals surface area contributed by atoms with Crippen LogP contribution in [0.15, 0.2) is 0 Å². The van der Waals surface area contributed by atoms with Gasteiger partial charge in [-0.25, -0.2) is 4.79 Å². The van der Waals surface area contributed by atoms with Gasteiger partial charge in [-0.15, -0.1) is 0 Å². The minimum Gasteiger partial charge on any atom is -0.329 e. The topological polar surface area (TPSA) is 35.6 Å². The minimum absolute atomic E-state index is 0.261. The molecule has 106 valence electrons. The molecule has 2 amide bonds. The fourth-order valence-electron chi connectivity index (χ4n) is 2.25. The maximum atomic E-state index is 12.0. The Balaban J connectivity index is 2.39. The number of nitrogens with one attached hydrogen (secondary N) is 1. The third kappa shape index (κ3) is 4.36. The van der Waals surface area contributed by atoms with E-state index in [2.05, 4.69) is 4.90 Å². The van der Waals surface area contributed by atoms with E-state index < -0.39 is 18.8 Å². The van der Waals surface area contributed by atoms with Crippen LogP contribution in [0, 0.1) is 0 Å². The number of halogens is 3. The molecule has 4 nitrogen and oxygen atoms in total. The summed E-state index contributed by atoms with van der Waals surface area (Å²) in [5.41, 5.74) is 0. The summed E-state index contributed by atoms with van der Waals surface area (Å²) in [6, 6.07) is -0.362. The highest BCUT2D eigenvalue weighted by Gasteiger charge is 2.32. The first kappa shape index (κ1) is 15.1. The number of nitrogens with zero attached hydrogens (tertiary/aromatic N) is 2. The van der Waals surface area contributed by atoms with Crippen molar-refractivity contribution in [2.45, 2.75) is 32.5 Å². The van der Waals surface area contributed by atoms with Gasteiger partial charge in [0.05, 0.1) is 0 Å². The van der Waals surface area contributed by atoms with Crippen LogP contribution >= 0.6 is 0 Å². The largest absolute Gasteiger partial charge is 0.405 e. The summed E-state index contributed by atoms with van der Waals surface area (Å²) in [5.74, 6) is 0. The number of urea groups is 1. The molecule has 1 aliphatic rings. The number of likely N-dealkylation sites (N-methyl/N-ethyl adjacent to an activating group) is 1. The fraction of sp³-hybridized carbons (Fsp3) is 0.909. The predicted molar refractivity (Wildman–Crippen MR) is 62.4 cm³/mol. The molecule has 0 aliphatic carbocycles. The van der Waals surface area contributed by atoms with E-state index in [1.54, 1.807) is 0 Å². The first-order valence-electron chi connectivity index (χ1n) is 6.21. The zero-order chi connectivity index (χ0) is 13.8. The molecule has 0 aromatic carbocycles. The smallest absolute Gasteiger partial charge is 0.329 e. The molecule has 1 rings (SSSR count). The molecule has 0 bridgehead atoms. The van der Waals surface area contributed by atoms with Crippen molar-refractivity contribution in [2.24, 2.45) is 0 Å². The standard InChI is InChI=1S/C11H20F3N3O/c1-3-16(4-2)9-5-6-17(7-9)10(18)15-8-11(12,13)14/h9H,3-8H2,1-2H3,(H,15,18). The Hall–Kier alpha value is -0.980. The van der Waals surface area contributed by atoms with Crippen molar-refractivity contribution in [1.82, 2.24) is 15.1 Å². The van der Waals surface area contributed by atoms with Crippen molar-refractivity contribution in [3.8, 4) is 0 Å². The van der Waals surface area contributed by atoms with Gasteiger partial charge >= 0.3 is 12.2 Å². The van der Waals surface area contributed by atoms with Crippen LogP contribution in [-0.4, -0.2) is 60.8 Å². The van der Waals surface area contributed by atoms with Crippen LogP contribution in [0.3, 0.4) is 0 Å². The van der Waals surface area contributed by atoms with Crippen LogP contribution in [0.4, 0.5) is 18.0 Å². The van der Waals surface area contributed by atoms with E-state index in [1.165, 1.54) is 4.90 Å². The van der Waals surface area contributed by atoms with E-state index in [1.807, 2.05) is 19.2 Å². The molecule has 0 aromatic heterocycles. The lowest BCUT2D eigenvalue weighted by molar-refractivity contribution is -0.123. The SMILES string of the molecule is CCN(CC)C1CCN(C(=O)NCC(F)(F)F)C1. The summed E-state index contributed by atoms with van der Waals surface area (Å²) in [4.78, 5) is 15.2. The molecular weight excluding hydrogens is 247 g/mol. The van der Waals surface area contributed by atoms with Gasteiger partial charge in [0.2, 0.25) is 0 Å². The number of rotatable bonds is 4. The second-order valence-corrected chi connectivity index (χ2v) is 4.38. The van der Waals surface area contributed by atoms with E-state index in [9.17, 15) is 18.0 Å². The summed E-state index contributed by atoms with van der Waals surface area (Å²) in [7, 11) is 0. The lowest BCUT2D eigenvalue weighted by Crippen LogP contribution is -2.44. The van der Waals surface area contributed by atoms with Gasteiger partial charge in [0, 0.05) is 19.1 Å². The van der Waals surface area contributed by atoms with E-state index in [0.29, 0.717) is 13.1 Å². The summed E-state index contributed by atoms with van der Waals surface area (Å²) in [6.07, 6.45) is -3.53. The normalized spacial score (nSPS) is 20.6. The van der Waals surface area contributed by atoms with Gasteiger partial charge in [-0.3, -0.25) is 4.90 Å². The van der Waals surface area contributed by atoms with Crippen LogP contribution in [0.2, 0.25) is 0 Å². The van der Waals surface area contributed by atoms with Crippen LogP contribution < -0.4 is 5.32 Å². The molecule has 1 saturated heterocycles. The summed E-state index contributed by atoms with van der Waals surface area (Å²) in [6.45, 7) is 5.61. The lowest BCUT2D eigenvalue weighted by Gasteiger charge is -2.26. The monoisotopic (exact) mass is 267 g/mol. The zero-order valence-electron chi connectivity index (χ0n) is 10.8. The number of alkyl halides is 3. The summed E-state index contributed by atoms with van der Waals surface area (Å²) >= 11 is 0. The second-order valence-electron chi connectivity index (χ2n) is 4.38. The van der Waals surface area contributed by atoms with Gasteiger partial charge in [-0.2, -0.15) is 13.2 Å². The van der Waals surface area contributed by atoms with Crippen LogP contribution in [-0.2, 0) is 0 Å². The Morgan fingerprint density at radius 2 is 2.00 bits per heavy atom. The first-order valence-corrected chi connectivity index (χ1v) is 6.21. The molecule has 0 saturated carbocycles. The molecule has 18 heavy (non-hydrogen) atoms. The molecule has 1 aliphatic heterocycles. The van der Waals surface area contributed by atoms with Gasteiger partial charge in [0.15, 0.2) is 0 Å².